The number of amides is 1. The van der Waals surface area contributed by atoms with Crippen molar-refractivity contribution < 1.29 is 9.72 Å². The zero-order valence-corrected chi connectivity index (χ0v) is 14.8. The lowest BCUT2D eigenvalue weighted by molar-refractivity contribution is -0.384. The second-order valence-electron chi connectivity index (χ2n) is 5.93. The van der Waals surface area contributed by atoms with Crippen molar-refractivity contribution in [2.45, 2.75) is 32.1 Å². The molecule has 0 fully saturated rings. The molecule has 25 heavy (non-hydrogen) atoms. The summed E-state index contributed by atoms with van der Waals surface area (Å²) >= 11 is 1.75. The van der Waals surface area contributed by atoms with Gasteiger partial charge in [-0.3, -0.25) is 14.9 Å². The second kappa shape index (κ2) is 7.60. The van der Waals surface area contributed by atoms with Crippen LogP contribution in [0.3, 0.4) is 0 Å². The van der Waals surface area contributed by atoms with Crippen LogP contribution in [0.2, 0.25) is 0 Å². The van der Waals surface area contributed by atoms with Crippen LogP contribution in [0, 0.1) is 10.1 Å². The molecule has 7 nitrogen and oxygen atoms in total. The Morgan fingerprint density at radius 1 is 1.36 bits per heavy atom. The highest BCUT2D eigenvalue weighted by atomic mass is 32.1. The first-order chi connectivity index (χ1) is 12.1. The number of hydrogen-bond acceptors (Lipinski definition) is 6. The summed E-state index contributed by atoms with van der Waals surface area (Å²) in [4.78, 5) is 28.5. The summed E-state index contributed by atoms with van der Waals surface area (Å²) in [6.45, 7) is 0.562. The fourth-order valence-electron chi connectivity index (χ4n) is 2.93. The Balaban J connectivity index is 1.67. The number of nitro benzene ring substituents is 1. The van der Waals surface area contributed by atoms with Crippen molar-refractivity contribution in [3.05, 3.63) is 49.5 Å². The molecule has 0 bridgehead atoms. The molecule has 1 aliphatic carbocycles. The number of hydrogen-bond donors (Lipinski definition) is 2. The van der Waals surface area contributed by atoms with Crippen LogP contribution in [0.5, 0.6) is 0 Å². The summed E-state index contributed by atoms with van der Waals surface area (Å²) in [7, 11) is 1.49. The smallest absolute Gasteiger partial charge is 0.293 e. The molecule has 1 aliphatic rings. The molecule has 2 N–H and O–H groups in total. The van der Waals surface area contributed by atoms with Gasteiger partial charge >= 0.3 is 0 Å². The van der Waals surface area contributed by atoms with E-state index in [9.17, 15) is 14.9 Å². The first-order valence-corrected chi connectivity index (χ1v) is 9.12. The van der Waals surface area contributed by atoms with Crippen LogP contribution >= 0.6 is 11.3 Å². The number of aromatic nitrogens is 1. The van der Waals surface area contributed by atoms with Gasteiger partial charge in [-0.1, -0.05) is 0 Å². The van der Waals surface area contributed by atoms with Crippen molar-refractivity contribution >= 4 is 28.6 Å². The van der Waals surface area contributed by atoms with E-state index in [2.05, 4.69) is 15.6 Å². The number of anilines is 1. The van der Waals surface area contributed by atoms with E-state index in [-0.39, 0.29) is 17.2 Å². The number of carbonyl (C=O) groups excluding carboxylic acids is 1. The van der Waals surface area contributed by atoms with E-state index in [1.807, 2.05) is 0 Å². The summed E-state index contributed by atoms with van der Waals surface area (Å²) in [5.41, 5.74) is 1.82. The molecule has 0 unspecified atom stereocenters. The van der Waals surface area contributed by atoms with Crippen LogP contribution < -0.4 is 10.6 Å². The Labute approximate surface area is 149 Å². The first kappa shape index (κ1) is 17.3. The van der Waals surface area contributed by atoms with Crippen molar-refractivity contribution in [1.82, 2.24) is 10.3 Å². The Kier molecular flexibility index (Phi) is 5.28. The Morgan fingerprint density at radius 3 is 2.88 bits per heavy atom. The van der Waals surface area contributed by atoms with Crippen LogP contribution in [-0.2, 0) is 19.3 Å². The molecule has 0 radical (unpaired) electrons. The molecule has 0 saturated heterocycles. The maximum absolute atomic E-state index is 11.6. The lowest BCUT2D eigenvalue weighted by Gasteiger charge is -2.07. The number of nitrogens with one attached hydrogen (secondary N) is 2. The predicted octanol–water partition coefficient (Wildman–Crippen LogP) is 2.94. The molecular formula is C17H20N4O3S. The average Bonchev–Trinajstić information content (AvgIpc) is 3.03. The molecule has 0 atom stereocenters. The third kappa shape index (κ3) is 3.96. The highest BCUT2D eigenvalue weighted by molar-refractivity contribution is 7.11. The molecule has 1 aromatic heterocycles. The number of aryl methyl sites for hydroxylation is 2. The van der Waals surface area contributed by atoms with Crippen LogP contribution in [-0.4, -0.2) is 29.4 Å². The predicted molar refractivity (Wildman–Crippen MR) is 97.4 cm³/mol. The molecule has 1 amide bonds. The van der Waals surface area contributed by atoms with E-state index in [1.165, 1.54) is 36.5 Å². The number of benzene rings is 1. The number of rotatable bonds is 6. The van der Waals surface area contributed by atoms with Crippen molar-refractivity contribution in [1.29, 1.82) is 0 Å². The van der Waals surface area contributed by atoms with Gasteiger partial charge in [-0.25, -0.2) is 4.98 Å². The third-order valence-electron chi connectivity index (χ3n) is 4.23. The van der Waals surface area contributed by atoms with E-state index in [0.717, 1.165) is 24.3 Å². The second-order valence-corrected chi connectivity index (χ2v) is 7.10. The van der Waals surface area contributed by atoms with E-state index in [1.54, 1.807) is 23.5 Å². The zero-order chi connectivity index (χ0) is 17.8. The Bertz CT molecular complexity index is 780. The van der Waals surface area contributed by atoms with Gasteiger partial charge in [-0.15, -0.1) is 11.3 Å². The highest BCUT2D eigenvalue weighted by Gasteiger charge is 2.18. The highest BCUT2D eigenvalue weighted by Crippen LogP contribution is 2.28. The van der Waals surface area contributed by atoms with Crippen LogP contribution in [0.25, 0.3) is 0 Å². The molecule has 1 aromatic carbocycles. The van der Waals surface area contributed by atoms with Crippen molar-refractivity contribution in [3.8, 4) is 0 Å². The van der Waals surface area contributed by atoms with E-state index in [0.29, 0.717) is 12.2 Å². The summed E-state index contributed by atoms with van der Waals surface area (Å²) in [6, 6.07) is 4.45. The molecule has 3 rings (SSSR count). The summed E-state index contributed by atoms with van der Waals surface area (Å²) in [5, 5.41) is 17.9. The Morgan fingerprint density at radius 2 is 2.16 bits per heavy atom. The summed E-state index contributed by atoms with van der Waals surface area (Å²) in [5.74, 6) is -0.344. The van der Waals surface area contributed by atoms with Gasteiger partial charge in [0.25, 0.3) is 11.6 Å². The maximum atomic E-state index is 11.6. The standard InChI is InChI=1S/C17H20N4O3S/c1-18-17(22)11-6-7-12(14(10-11)21(23)24)19-9-8-16-20-13-4-2-3-5-15(13)25-16/h6-7,10,19H,2-5,8-9H2,1H3,(H,18,22). The van der Waals surface area contributed by atoms with Gasteiger partial charge in [0.15, 0.2) is 0 Å². The molecule has 132 valence electrons. The van der Waals surface area contributed by atoms with Crippen LogP contribution in [0.15, 0.2) is 18.2 Å². The molecule has 1 heterocycles. The molecule has 2 aromatic rings. The van der Waals surface area contributed by atoms with Gasteiger partial charge in [0, 0.05) is 36.5 Å². The van der Waals surface area contributed by atoms with Gasteiger partial charge in [-0.05, 0) is 37.8 Å². The largest absolute Gasteiger partial charge is 0.379 e. The maximum Gasteiger partial charge on any atom is 0.293 e. The SMILES string of the molecule is CNC(=O)c1ccc(NCCc2nc3c(s2)CCCC3)c([N+](=O)[O-])c1. The normalized spacial score (nSPS) is 13.2. The Hall–Kier alpha value is -2.48. The lowest BCUT2D eigenvalue weighted by Crippen LogP contribution is -2.18. The molecule has 0 aliphatic heterocycles. The fraction of sp³-hybridized carbons (Fsp3) is 0.412. The molecule has 8 heteroatoms. The van der Waals surface area contributed by atoms with E-state index in [4.69, 9.17) is 0 Å². The number of nitro groups is 1. The third-order valence-corrected chi connectivity index (χ3v) is 5.45. The number of thiazole rings is 1. The number of nitrogens with zero attached hydrogens (tertiary/aromatic N) is 2. The molecular weight excluding hydrogens is 340 g/mol. The van der Waals surface area contributed by atoms with Crippen molar-refractivity contribution in [3.63, 3.8) is 0 Å². The van der Waals surface area contributed by atoms with Crippen LogP contribution in [0.4, 0.5) is 11.4 Å². The minimum absolute atomic E-state index is 0.0977. The lowest BCUT2D eigenvalue weighted by atomic mass is 10.0. The van der Waals surface area contributed by atoms with Crippen molar-refractivity contribution in [2.75, 3.05) is 18.9 Å². The van der Waals surface area contributed by atoms with Gasteiger partial charge in [-0.2, -0.15) is 0 Å². The minimum atomic E-state index is -0.475. The van der Waals surface area contributed by atoms with Gasteiger partial charge in [0.2, 0.25) is 0 Å². The molecule has 0 saturated carbocycles. The number of carbonyl (C=O) groups is 1. The quantitative estimate of drug-likeness (QED) is 0.610. The van der Waals surface area contributed by atoms with Gasteiger partial charge in [0.1, 0.15) is 5.69 Å². The van der Waals surface area contributed by atoms with Gasteiger partial charge in [0.05, 0.1) is 15.6 Å². The van der Waals surface area contributed by atoms with Gasteiger partial charge < -0.3 is 10.6 Å². The fourth-order valence-corrected chi connectivity index (χ4v) is 4.09. The topological polar surface area (TPSA) is 97.2 Å². The zero-order valence-electron chi connectivity index (χ0n) is 14.0. The van der Waals surface area contributed by atoms with E-state index >= 15 is 0 Å². The summed E-state index contributed by atoms with van der Waals surface area (Å²) < 4.78 is 0. The number of fused-ring (bicyclic) bond motifs is 1. The molecule has 0 spiro atoms. The average molecular weight is 360 g/mol. The van der Waals surface area contributed by atoms with Crippen molar-refractivity contribution in [2.24, 2.45) is 0 Å². The monoisotopic (exact) mass is 360 g/mol. The van der Waals surface area contributed by atoms with E-state index < -0.39 is 4.92 Å². The minimum Gasteiger partial charge on any atom is -0.379 e. The summed E-state index contributed by atoms with van der Waals surface area (Å²) in [6.07, 6.45) is 5.35. The van der Waals surface area contributed by atoms with Crippen LogP contribution in [0.1, 0.15) is 38.8 Å². The first-order valence-electron chi connectivity index (χ1n) is 8.30.